The van der Waals surface area contributed by atoms with Gasteiger partial charge in [0.1, 0.15) is 9.71 Å². The van der Waals surface area contributed by atoms with Gasteiger partial charge in [0.25, 0.3) is 17.4 Å². The third-order valence-corrected chi connectivity index (χ3v) is 6.49. The summed E-state index contributed by atoms with van der Waals surface area (Å²) in [5.74, 6) is -0.864. The van der Waals surface area contributed by atoms with E-state index in [1.807, 2.05) is 13.8 Å². The van der Waals surface area contributed by atoms with Crippen molar-refractivity contribution in [1.82, 2.24) is 14.5 Å². The number of benzene rings is 1. The normalized spacial score (nSPS) is 13.3. The molecule has 0 saturated heterocycles. The van der Waals surface area contributed by atoms with Gasteiger partial charge in [-0.05, 0) is 37.0 Å². The highest BCUT2D eigenvalue weighted by Crippen LogP contribution is 2.28. The molecule has 0 atom stereocenters. The number of imide groups is 1. The predicted molar refractivity (Wildman–Crippen MR) is 120 cm³/mol. The van der Waals surface area contributed by atoms with Crippen molar-refractivity contribution < 1.29 is 19.1 Å². The Morgan fingerprint density at radius 1 is 1.09 bits per heavy atom. The van der Waals surface area contributed by atoms with E-state index in [0.717, 1.165) is 11.3 Å². The average Bonchev–Trinajstić information content (AvgIpc) is 3.23. The SMILES string of the molecule is Cc1c(C(=O)OCC(C)C)sc2ncn(CCCN3C(=O)c4ccccc4C3=O)c(=O)c12. The molecule has 0 unspecified atom stereocenters. The Morgan fingerprint density at radius 3 is 2.38 bits per heavy atom. The zero-order valence-electron chi connectivity index (χ0n) is 18.1. The molecule has 1 aromatic carbocycles. The maximum atomic E-state index is 13.0. The number of hydrogen-bond donors (Lipinski definition) is 0. The van der Waals surface area contributed by atoms with Crippen LogP contribution < -0.4 is 5.56 Å². The summed E-state index contributed by atoms with van der Waals surface area (Å²) in [6.07, 6.45) is 1.84. The van der Waals surface area contributed by atoms with E-state index in [-0.39, 0.29) is 36.4 Å². The van der Waals surface area contributed by atoms with Crippen LogP contribution in [0.25, 0.3) is 10.2 Å². The van der Waals surface area contributed by atoms with Crippen molar-refractivity contribution in [2.75, 3.05) is 13.2 Å². The van der Waals surface area contributed by atoms with E-state index < -0.39 is 5.97 Å². The van der Waals surface area contributed by atoms with E-state index in [9.17, 15) is 19.2 Å². The molecule has 2 amide bonds. The molecule has 2 aromatic heterocycles. The summed E-state index contributed by atoms with van der Waals surface area (Å²) < 4.78 is 6.75. The molecule has 166 valence electrons. The molecule has 3 heterocycles. The molecular formula is C23H23N3O5S. The second-order valence-corrected chi connectivity index (χ2v) is 9.13. The number of carbonyl (C=O) groups is 3. The number of carbonyl (C=O) groups excluding carboxylic acids is 3. The highest BCUT2D eigenvalue weighted by atomic mass is 32.1. The lowest BCUT2D eigenvalue weighted by atomic mass is 10.1. The fraction of sp³-hybridized carbons (Fsp3) is 0.348. The van der Waals surface area contributed by atoms with Gasteiger partial charge in [-0.2, -0.15) is 0 Å². The lowest BCUT2D eigenvalue weighted by molar-refractivity contribution is 0.0463. The second-order valence-electron chi connectivity index (χ2n) is 8.13. The summed E-state index contributed by atoms with van der Waals surface area (Å²) >= 11 is 1.15. The van der Waals surface area contributed by atoms with Crippen LogP contribution in [-0.2, 0) is 11.3 Å². The molecule has 0 N–H and O–H groups in total. The van der Waals surface area contributed by atoms with E-state index in [1.165, 1.54) is 15.8 Å². The maximum Gasteiger partial charge on any atom is 0.348 e. The zero-order chi connectivity index (χ0) is 23.0. The number of thiophene rings is 1. The zero-order valence-corrected chi connectivity index (χ0v) is 18.9. The van der Waals surface area contributed by atoms with Crippen LogP contribution in [0, 0.1) is 12.8 Å². The van der Waals surface area contributed by atoms with Crippen molar-refractivity contribution in [3.63, 3.8) is 0 Å². The number of fused-ring (bicyclic) bond motifs is 2. The molecule has 4 rings (SSSR count). The van der Waals surface area contributed by atoms with Crippen LogP contribution in [0.15, 0.2) is 35.4 Å². The van der Waals surface area contributed by atoms with Crippen molar-refractivity contribution >= 4 is 39.3 Å². The quantitative estimate of drug-likeness (QED) is 0.402. The van der Waals surface area contributed by atoms with Gasteiger partial charge >= 0.3 is 5.97 Å². The number of rotatable bonds is 7. The number of hydrogen-bond acceptors (Lipinski definition) is 7. The fourth-order valence-corrected chi connectivity index (χ4v) is 4.70. The lowest BCUT2D eigenvalue weighted by Gasteiger charge is -2.14. The minimum Gasteiger partial charge on any atom is -0.461 e. The Bertz CT molecular complexity index is 1260. The molecule has 1 aliphatic rings. The molecule has 0 spiro atoms. The minimum absolute atomic E-state index is 0.201. The van der Waals surface area contributed by atoms with E-state index >= 15 is 0 Å². The van der Waals surface area contributed by atoms with E-state index in [0.29, 0.717) is 44.8 Å². The Balaban J connectivity index is 1.49. The third-order valence-electron chi connectivity index (χ3n) is 5.31. The molecule has 1 aliphatic heterocycles. The first-order valence-corrected chi connectivity index (χ1v) is 11.2. The maximum absolute atomic E-state index is 13.0. The van der Waals surface area contributed by atoms with E-state index in [2.05, 4.69) is 4.98 Å². The predicted octanol–water partition coefficient (Wildman–Crippen LogP) is 3.27. The number of ether oxygens (including phenoxy) is 1. The highest BCUT2D eigenvalue weighted by Gasteiger charge is 2.34. The van der Waals surface area contributed by atoms with Gasteiger partial charge in [-0.3, -0.25) is 23.9 Å². The van der Waals surface area contributed by atoms with Gasteiger partial charge < -0.3 is 4.74 Å². The van der Waals surface area contributed by atoms with Crippen LogP contribution >= 0.6 is 11.3 Å². The largest absolute Gasteiger partial charge is 0.461 e. The number of amides is 2. The van der Waals surface area contributed by atoms with Crippen LogP contribution in [0.1, 0.15) is 56.2 Å². The molecule has 0 bridgehead atoms. The summed E-state index contributed by atoms with van der Waals surface area (Å²) in [5, 5.41) is 0.398. The third kappa shape index (κ3) is 3.84. The van der Waals surface area contributed by atoms with Crippen LogP contribution in [0.3, 0.4) is 0 Å². The van der Waals surface area contributed by atoms with E-state index in [4.69, 9.17) is 4.74 Å². The smallest absolute Gasteiger partial charge is 0.348 e. The van der Waals surface area contributed by atoms with Gasteiger partial charge in [0, 0.05) is 13.1 Å². The van der Waals surface area contributed by atoms with Gasteiger partial charge in [0.05, 0.1) is 29.4 Å². The van der Waals surface area contributed by atoms with Crippen LogP contribution in [-0.4, -0.2) is 45.4 Å². The summed E-state index contributed by atoms with van der Waals surface area (Å²) in [6.45, 7) is 6.42. The molecule has 0 aliphatic carbocycles. The topological polar surface area (TPSA) is 98.6 Å². The first kappa shape index (κ1) is 21.9. The van der Waals surface area contributed by atoms with Crippen LogP contribution in [0.5, 0.6) is 0 Å². The second kappa shape index (κ2) is 8.66. The van der Waals surface area contributed by atoms with Crippen LogP contribution in [0.2, 0.25) is 0 Å². The van der Waals surface area contributed by atoms with Gasteiger partial charge in [-0.15, -0.1) is 11.3 Å². The molecule has 3 aromatic rings. The number of esters is 1. The summed E-state index contributed by atoms with van der Waals surface area (Å²) in [6, 6.07) is 6.73. The van der Waals surface area contributed by atoms with Gasteiger partial charge in [0.15, 0.2) is 0 Å². The molecular weight excluding hydrogens is 430 g/mol. The van der Waals surface area contributed by atoms with Crippen molar-refractivity contribution in [1.29, 1.82) is 0 Å². The first-order chi connectivity index (χ1) is 15.3. The molecule has 32 heavy (non-hydrogen) atoms. The molecule has 0 saturated carbocycles. The van der Waals surface area contributed by atoms with Gasteiger partial charge in [-0.25, -0.2) is 9.78 Å². The fourth-order valence-electron chi connectivity index (χ4n) is 3.66. The Kier molecular flexibility index (Phi) is 5.92. The standard InChI is InChI=1S/C23H23N3O5S/c1-13(2)11-31-23(30)18-14(3)17-19(32-18)24-12-25(22(17)29)9-6-10-26-20(27)15-7-4-5-8-16(15)21(26)28/h4-5,7-8,12-13H,6,9-11H2,1-3H3. The minimum atomic E-state index is -0.448. The Hall–Kier alpha value is -3.33. The van der Waals surface area contributed by atoms with Crippen molar-refractivity contribution in [2.45, 2.75) is 33.7 Å². The lowest BCUT2D eigenvalue weighted by Crippen LogP contribution is -2.32. The van der Waals surface area contributed by atoms with Gasteiger partial charge in [-0.1, -0.05) is 26.0 Å². The first-order valence-electron chi connectivity index (χ1n) is 10.4. The summed E-state index contributed by atoms with van der Waals surface area (Å²) in [5.41, 5.74) is 1.12. The van der Waals surface area contributed by atoms with Crippen molar-refractivity contribution in [3.8, 4) is 0 Å². The average molecular weight is 454 g/mol. The Morgan fingerprint density at radius 2 is 1.75 bits per heavy atom. The number of nitrogens with zero attached hydrogens (tertiary/aromatic N) is 3. The highest BCUT2D eigenvalue weighted by molar-refractivity contribution is 7.20. The van der Waals surface area contributed by atoms with Gasteiger partial charge in [0.2, 0.25) is 0 Å². The molecule has 0 radical (unpaired) electrons. The number of aryl methyl sites for hydroxylation is 2. The van der Waals surface area contributed by atoms with Crippen molar-refractivity contribution in [2.24, 2.45) is 5.92 Å². The Labute approximate surface area is 188 Å². The molecule has 8 nitrogen and oxygen atoms in total. The van der Waals surface area contributed by atoms with Crippen LogP contribution in [0.4, 0.5) is 0 Å². The molecule has 9 heteroatoms. The van der Waals surface area contributed by atoms with Crippen molar-refractivity contribution in [3.05, 3.63) is 62.5 Å². The summed E-state index contributed by atoms with van der Waals surface area (Å²) in [7, 11) is 0. The van der Waals surface area contributed by atoms with E-state index in [1.54, 1.807) is 31.2 Å². The molecule has 0 fully saturated rings. The summed E-state index contributed by atoms with van der Waals surface area (Å²) in [4.78, 5) is 56.8. The monoisotopic (exact) mass is 453 g/mol. The number of aromatic nitrogens is 2.